The standard InChI is InChI=1S/C21H10Cl4O5/c22-12-1-2-13(23)20(21(28)29)11(12)3-8-9-4-14(24)16(26)6-18(9)30-19-7-17(27)15(25)5-10(8)19/h1-2,4-7,26H,3H2,(H,28,29). The molecule has 152 valence electrons. The molecular formula is C21H10Cl4O5. The van der Waals surface area contributed by atoms with Gasteiger partial charge in [-0.3, -0.25) is 4.79 Å². The molecule has 0 amide bonds. The molecule has 1 aliphatic heterocycles. The smallest absolute Gasteiger partial charge is 0.337 e. The molecular weight excluding hydrogens is 474 g/mol. The van der Waals surface area contributed by atoms with E-state index in [9.17, 15) is 19.8 Å². The summed E-state index contributed by atoms with van der Waals surface area (Å²) in [5.74, 6) is -1.23. The Balaban J connectivity index is 2.11. The van der Waals surface area contributed by atoms with Gasteiger partial charge in [0.15, 0.2) is 0 Å². The highest BCUT2D eigenvalue weighted by molar-refractivity contribution is 6.36. The molecule has 0 saturated carbocycles. The maximum atomic E-state index is 12.0. The van der Waals surface area contributed by atoms with Gasteiger partial charge in [0, 0.05) is 34.5 Å². The number of halogens is 4. The molecule has 0 aromatic heterocycles. The maximum absolute atomic E-state index is 12.0. The Hall–Kier alpha value is -2.44. The van der Waals surface area contributed by atoms with Gasteiger partial charge in [-0.2, -0.15) is 0 Å². The highest BCUT2D eigenvalue weighted by atomic mass is 35.5. The average molecular weight is 484 g/mol. The van der Waals surface area contributed by atoms with Crippen molar-refractivity contribution in [3.8, 4) is 17.1 Å². The molecule has 30 heavy (non-hydrogen) atoms. The number of carbonyl (C=O) groups is 1. The van der Waals surface area contributed by atoms with Crippen LogP contribution in [0.1, 0.15) is 21.5 Å². The summed E-state index contributed by atoms with van der Waals surface area (Å²) in [6, 6.07) is 8.38. The van der Waals surface area contributed by atoms with Crippen molar-refractivity contribution in [2.75, 3.05) is 0 Å². The fourth-order valence-electron chi connectivity index (χ4n) is 3.35. The largest absolute Gasteiger partial charge is 0.506 e. The van der Waals surface area contributed by atoms with E-state index in [1.54, 1.807) is 0 Å². The second kappa shape index (κ2) is 7.67. The van der Waals surface area contributed by atoms with E-state index < -0.39 is 11.4 Å². The second-order valence-electron chi connectivity index (χ2n) is 6.52. The van der Waals surface area contributed by atoms with Gasteiger partial charge in [-0.15, -0.1) is 0 Å². The molecule has 1 heterocycles. The monoisotopic (exact) mass is 482 g/mol. The van der Waals surface area contributed by atoms with Crippen LogP contribution in [0.5, 0.6) is 5.75 Å². The van der Waals surface area contributed by atoms with Gasteiger partial charge in [0.25, 0.3) is 0 Å². The zero-order valence-electron chi connectivity index (χ0n) is 14.8. The first kappa shape index (κ1) is 20.8. The first-order valence-corrected chi connectivity index (χ1v) is 9.96. The summed E-state index contributed by atoms with van der Waals surface area (Å²) in [5.41, 5.74) is 0.974. The van der Waals surface area contributed by atoms with Crippen molar-refractivity contribution < 1.29 is 19.4 Å². The second-order valence-corrected chi connectivity index (χ2v) is 8.15. The minimum atomic E-state index is -1.23. The molecule has 0 radical (unpaired) electrons. The predicted octanol–water partition coefficient (Wildman–Crippen LogP) is 6.51. The van der Waals surface area contributed by atoms with E-state index in [2.05, 4.69) is 0 Å². The van der Waals surface area contributed by atoms with Crippen LogP contribution in [0.25, 0.3) is 22.3 Å². The molecule has 9 heteroatoms. The summed E-state index contributed by atoms with van der Waals surface area (Å²) >= 11 is 24.6. The SMILES string of the molecule is O=C(O)c1c(Cl)ccc(Cl)c1Cc1c2cc(Cl)c(=O)cc-2oc2cc(O)c(Cl)cc12. The lowest BCUT2D eigenvalue weighted by Gasteiger charge is -2.18. The molecule has 0 atom stereocenters. The summed E-state index contributed by atoms with van der Waals surface area (Å²) in [4.78, 5) is 23.9. The van der Waals surface area contributed by atoms with Crippen LogP contribution in [0, 0.1) is 0 Å². The number of benzene rings is 3. The number of hydrogen-bond acceptors (Lipinski definition) is 4. The minimum absolute atomic E-state index is 0.0278. The third kappa shape index (κ3) is 3.48. The number of fused-ring (bicyclic) bond motifs is 2. The van der Waals surface area contributed by atoms with Crippen LogP contribution in [-0.2, 0) is 6.42 Å². The quantitative estimate of drug-likeness (QED) is 0.324. The Morgan fingerprint density at radius 3 is 2.30 bits per heavy atom. The number of hydrogen-bond donors (Lipinski definition) is 2. The molecule has 2 aromatic carbocycles. The fraction of sp³-hybridized carbons (Fsp3) is 0.0476. The van der Waals surface area contributed by atoms with Gasteiger partial charge in [-0.05, 0) is 35.4 Å². The van der Waals surface area contributed by atoms with Gasteiger partial charge in [0.1, 0.15) is 17.1 Å². The molecule has 2 aromatic rings. The Bertz CT molecular complexity index is 1380. The molecule has 5 nitrogen and oxygen atoms in total. The molecule has 0 saturated heterocycles. The van der Waals surface area contributed by atoms with Crippen molar-refractivity contribution in [3.05, 3.63) is 83.4 Å². The number of carboxylic acids is 1. The molecule has 1 aliphatic carbocycles. The number of carboxylic acid groups (broad SMARTS) is 1. The van der Waals surface area contributed by atoms with Crippen molar-refractivity contribution >= 4 is 63.3 Å². The van der Waals surface area contributed by atoms with Crippen LogP contribution in [0.15, 0.2) is 45.6 Å². The van der Waals surface area contributed by atoms with Crippen LogP contribution in [-0.4, -0.2) is 16.2 Å². The lowest BCUT2D eigenvalue weighted by Crippen LogP contribution is -2.08. The van der Waals surface area contributed by atoms with Crippen LogP contribution in [0.4, 0.5) is 0 Å². The fourth-order valence-corrected chi connectivity index (χ4v) is 4.16. The average Bonchev–Trinajstić information content (AvgIpc) is 2.67. The molecule has 4 rings (SSSR count). The Morgan fingerprint density at radius 2 is 1.60 bits per heavy atom. The van der Waals surface area contributed by atoms with Crippen LogP contribution >= 0.6 is 46.4 Å². The predicted molar refractivity (Wildman–Crippen MR) is 117 cm³/mol. The molecule has 2 N–H and O–H groups in total. The van der Waals surface area contributed by atoms with Crippen LogP contribution < -0.4 is 5.43 Å². The van der Waals surface area contributed by atoms with Crippen molar-refractivity contribution in [2.24, 2.45) is 0 Å². The number of aromatic hydroxyl groups is 1. The first-order valence-electron chi connectivity index (χ1n) is 8.45. The lowest BCUT2D eigenvalue weighted by atomic mass is 9.92. The van der Waals surface area contributed by atoms with Crippen LogP contribution in [0.2, 0.25) is 20.1 Å². The van der Waals surface area contributed by atoms with Crippen molar-refractivity contribution in [3.63, 3.8) is 0 Å². The Kier molecular flexibility index (Phi) is 5.32. The van der Waals surface area contributed by atoms with Gasteiger partial charge in [0.05, 0.1) is 20.6 Å². The highest BCUT2D eigenvalue weighted by Gasteiger charge is 2.24. The normalized spacial score (nSPS) is 11.3. The van der Waals surface area contributed by atoms with E-state index in [-0.39, 0.29) is 54.7 Å². The highest BCUT2D eigenvalue weighted by Crippen LogP contribution is 2.40. The summed E-state index contributed by atoms with van der Waals surface area (Å²) in [7, 11) is 0. The molecule has 2 aliphatic rings. The Labute approximate surface area is 189 Å². The zero-order valence-corrected chi connectivity index (χ0v) is 17.8. The summed E-state index contributed by atoms with van der Waals surface area (Å²) < 4.78 is 5.78. The van der Waals surface area contributed by atoms with E-state index in [1.165, 1.54) is 36.4 Å². The lowest BCUT2D eigenvalue weighted by molar-refractivity contribution is 0.0696. The van der Waals surface area contributed by atoms with Crippen molar-refractivity contribution in [2.45, 2.75) is 6.42 Å². The zero-order chi connectivity index (χ0) is 21.7. The van der Waals surface area contributed by atoms with E-state index in [0.717, 1.165) is 0 Å². The minimum Gasteiger partial charge on any atom is -0.506 e. The molecule has 0 bridgehead atoms. The van der Waals surface area contributed by atoms with E-state index in [4.69, 9.17) is 50.8 Å². The topological polar surface area (TPSA) is 87.7 Å². The van der Waals surface area contributed by atoms with Gasteiger partial charge in [-0.1, -0.05) is 46.4 Å². The number of rotatable bonds is 3. The van der Waals surface area contributed by atoms with Gasteiger partial charge in [0.2, 0.25) is 5.43 Å². The molecule has 0 spiro atoms. The van der Waals surface area contributed by atoms with Gasteiger partial charge >= 0.3 is 5.97 Å². The number of phenolic OH excluding ortho intramolecular Hbond substituents is 1. The molecule has 0 unspecified atom stereocenters. The number of phenols is 1. The summed E-state index contributed by atoms with van der Waals surface area (Å²) in [6.07, 6.45) is 0.0278. The van der Waals surface area contributed by atoms with Crippen LogP contribution in [0.3, 0.4) is 0 Å². The van der Waals surface area contributed by atoms with Crippen molar-refractivity contribution in [1.29, 1.82) is 0 Å². The third-order valence-corrected chi connectivity index (χ3v) is 5.99. The van der Waals surface area contributed by atoms with Gasteiger partial charge in [-0.25, -0.2) is 4.79 Å². The van der Waals surface area contributed by atoms with E-state index in [1.807, 2.05) is 0 Å². The van der Waals surface area contributed by atoms with Crippen molar-refractivity contribution in [1.82, 2.24) is 0 Å². The van der Waals surface area contributed by atoms with E-state index in [0.29, 0.717) is 16.5 Å². The molecule has 0 fully saturated rings. The third-order valence-electron chi connectivity index (χ3n) is 4.73. The Morgan fingerprint density at radius 1 is 0.900 bits per heavy atom. The maximum Gasteiger partial charge on any atom is 0.337 e. The van der Waals surface area contributed by atoms with E-state index >= 15 is 0 Å². The first-order chi connectivity index (χ1) is 14.2. The van der Waals surface area contributed by atoms with Gasteiger partial charge < -0.3 is 14.6 Å². The number of aromatic carboxylic acids is 1. The summed E-state index contributed by atoms with van der Waals surface area (Å²) in [6.45, 7) is 0. The summed E-state index contributed by atoms with van der Waals surface area (Å²) in [5, 5.41) is 20.4.